The molecule has 4 heteroatoms. The zero-order chi connectivity index (χ0) is 12.3. The van der Waals surface area contributed by atoms with E-state index in [4.69, 9.17) is 17.3 Å². The van der Waals surface area contributed by atoms with Crippen LogP contribution in [0.3, 0.4) is 0 Å². The van der Waals surface area contributed by atoms with Crippen LogP contribution in [-0.2, 0) is 6.54 Å². The molecule has 0 heterocycles. The van der Waals surface area contributed by atoms with Crippen LogP contribution in [0.1, 0.15) is 31.2 Å². The fourth-order valence-corrected chi connectivity index (χ4v) is 2.68. The van der Waals surface area contributed by atoms with Gasteiger partial charge in [-0.05, 0) is 59.3 Å². The molecule has 1 saturated carbocycles. The lowest BCUT2D eigenvalue weighted by Crippen LogP contribution is -2.37. The smallest absolute Gasteiger partial charge is 0.0551 e. The predicted octanol–water partition coefficient (Wildman–Crippen LogP) is 3.46. The summed E-state index contributed by atoms with van der Waals surface area (Å²) in [5.41, 5.74) is 7.12. The van der Waals surface area contributed by atoms with Gasteiger partial charge >= 0.3 is 0 Å². The number of rotatable bonds is 3. The molecule has 0 amide bonds. The number of hydrogen-bond acceptors (Lipinski definition) is 2. The average Bonchev–Trinajstić information content (AvgIpc) is 2.33. The summed E-state index contributed by atoms with van der Waals surface area (Å²) in [7, 11) is 0. The zero-order valence-corrected chi connectivity index (χ0v) is 12.1. The van der Waals surface area contributed by atoms with Crippen molar-refractivity contribution in [3.8, 4) is 0 Å². The van der Waals surface area contributed by atoms with Crippen molar-refractivity contribution in [3.63, 3.8) is 0 Å². The van der Waals surface area contributed by atoms with Crippen molar-refractivity contribution in [2.75, 3.05) is 0 Å². The quantitative estimate of drug-likeness (QED) is 0.896. The Balaban J connectivity index is 1.83. The summed E-state index contributed by atoms with van der Waals surface area (Å²) in [6, 6.07) is 7.12. The molecule has 0 bridgehead atoms. The van der Waals surface area contributed by atoms with E-state index in [9.17, 15) is 0 Å². The normalized spacial score (nSPS) is 24.9. The number of benzene rings is 1. The molecule has 0 radical (unpaired) electrons. The fraction of sp³-hybridized carbons (Fsp3) is 0.538. The third-order valence-corrected chi connectivity index (χ3v) is 4.58. The largest absolute Gasteiger partial charge is 0.328 e. The fourth-order valence-electron chi connectivity index (χ4n) is 2.24. The van der Waals surface area contributed by atoms with E-state index in [0.717, 1.165) is 28.9 Å². The molecule has 0 aromatic heterocycles. The van der Waals surface area contributed by atoms with E-state index in [0.29, 0.717) is 12.1 Å². The molecule has 17 heavy (non-hydrogen) atoms. The molecular weight excluding hydrogens is 300 g/mol. The van der Waals surface area contributed by atoms with Crippen molar-refractivity contribution in [3.05, 3.63) is 33.3 Å². The summed E-state index contributed by atoms with van der Waals surface area (Å²) in [6.45, 7) is 0.882. The van der Waals surface area contributed by atoms with Crippen LogP contribution in [0.4, 0.5) is 0 Å². The average molecular weight is 318 g/mol. The molecule has 0 spiro atoms. The lowest BCUT2D eigenvalue weighted by Gasteiger charge is -2.27. The maximum Gasteiger partial charge on any atom is 0.0551 e. The van der Waals surface area contributed by atoms with E-state index in [1.54, 1.807) is 0 Å². The maximum absolute atomic E-state index is 6.06. The van der Waals surface area contributed by atoms with Crippen LogP contribution < -0.4 is 11.1 Å². The van der Waals surface area contributed by atoms with Gasteiger partial charge in [0.15, 0.2) is 0 Å². The number of nitrogens with one attached hydrogen (secondary N) is 1. The number of hydrogen-bond donors (Lipinski definition) is 2. The van der Waals surface area contributed by atoms with Crippen LogP contribution in [0, 0.1) is 0 Å². The van der Waals surface area contributed by atoms with Crippen LogP contribution in [0.25, 0.3) is 0 Å². The monoisotopic (exact) mass is 316 g/mol. The molecule has 1 fully saturated rings. The van der Waals surface area contributed by atoms with Crippen molar-refractivity contribution in [2.45, 2.75) is 44.3 Å². The first kappa shape index (κ1) is 13.3. The van der Waals surface area contributed by atoms with Crippen molar-refractivity contribution in [2.24, 2.45) is 5.73 Å². The van der Waals surface area contributed by atoms with E-state index in [1.807, 2.05) is 12.1 Å². The highest BCUT2D eigenvalue weighted by molar-refractivity contribution is 9.10. The Morgan fingerprint density at radius 3 is 2.65 bits per heavy atom. The summed E-state index contributed by atoms with van der Waals surface area (Å²) in [5.74, 6) is 0. The Kier molecular flexibility index (Phi) is 4.86. The second-order valence-corrected chi connectivity index (χ2v) is 6.00. The first-order chi connectivity index (χ1) is 8.15. The first-order valence-electron chi connectivity index (χ1n) is 6.08. The number of halogens is 2. The van der Waals surface area contributed by atoms with Gasteiger partial charge in [-0.25, -0.2) is 0 Å². The Hall–Kier alpha value is -0.0900. The van der Waals surface area contributed by atoms with E-state index < -0.39 is 0 Å². The molecule has 1 aliphatic rings. The maximum atomic E-state index is 6.06. The molecule has 0 unspecified atom stereocenters. The lowest BCUT2D eigenvalue weighted by atomic mass is 9.92. The molecule has 0 saturated heterocycles. The van der Waals surface area contributed by atoms with Gasteiger partial charge in [-0.3, -0.25) is 0 Å². The third kappa shape index (κ3) is 3.95. The van der Waals surface area contributed by atoms with E-state index in [1.165, 1.54) is 18.4 Å². The van der Waals surface area contributed by atoms with Gasteiger partial charge in [0.25, 0.3) is 0 Å². The molecule has 1 aromatic carbocycles. The lowest BCUT2D eigenvalue weighted by molar-refractivity contribution is 0.342. The minimum Gasteiger partial charge on any atom is -0.328 e. The minimum absolute atomic E-state index is 0.412. The summed E-state index contributed by atoms with van der Waals surface area (Å²) >= 11 is 9.46. The Labute approximate surface area is 116 Å². The van der Waals surface area contributed by atoms with Gasteiger partial charge in [-0.15, -0.1) is 0 Å². The highest BCUT2D eigenvalue weighted by atomic mass is 79.9. The Morgan fingerprint density at radius 1 is 1.29 bits per heavy atom. The molecule has 1 aliphatic carbocycles. The van der Waals surface area contributed by atoms with Crippen molar-refractivity contribution < 1.29 is 0 Å². The van der Waals surface area contributed by atoms with Crippen LogP contribution in [0.15, 0.2) is 22.7 Å². The highest BCUT2D eigenvalue weighted by Gasteiger charge is 2.17. The Morgan fingerprint density at radius 2 is 2.00 bits per heavy atom. The van der Waals surface area contributed by atoms with Crippen LogP contribution in [0.2, 0.25) is 5.02 Å². The van der Waals surface area contributed by atoms with Crippen molar-refractivity contribution in [1.82, 2.24) is 5.32 Å². The van der Waals surface area contributed by atoms with E-state index in [-0.39, 0.29) is 0 Å². The van der Waals surface area contributed by atoms with Crippen LogP contribution >= 0.6 is 27.5 Å². The standard InChI is InChI=1S/C13H18BrClN2/c14-12-6-1-9(7-13(12)15)8-17-11-4-2-10(16)3-5-11/h1,6-7,10-11,17H,2-5,8,16H2. The topological polar surface area (TPSA) is 38.0 Å². The summed E-state index contributed by atoms with van der Waals surface area (Å²) < 4.78 is 0.951. The minimum atomic E-state index is 0.412. The summed E-state index contributed by atoms with van der Waals surface area (Å²) in [5, 5.41) is 4.35. The molecule has 3 N–H and O–H groups in total. The second-order valence-electron chi connectivity index (χ2n) is 4.74. The van der Waals surface area contributed by atoms with Gasteiger partial charge in [0.1, 0.15) is 0 Å². The Bertz CT molecular complexity index is 376. The molecule has 0 atom stereocenters. The summed E-state index contributed by atoms with van der Waals surface area (Å²) in [4.78, 5) is 0. The molecule has 2 rings (SSSR count). The van der Waals surface area contributed by atoms with Crippen LogP contribution in [0.5, 0.6) is 0 Å². The van der Waals surface area contributed by atoms with Gasteiger partial charge in [-0.2, -0.15) is 0 Å². The second kappa shape index (κ2) is 6.19. The molecule has 2 nitrogen and oxygen atoms in total. The predicted molar refractivity (Wildman–Crippen MR) is 76.2 cm³/mol. The van der Waals surface area contributed by atoms with Gasteiger partial charge in [0.05, 0.1) is 5.02 Å². The zero-order valence-electron chi connectivity index (χ0n) is 9.76. The van der Waals surface area contributed by atoms with E-state index in [2.05, 4.69) is 27.3 Å². The van der Waals surface area contributed by atoms with Crippen molar-refractivity contribution >= 4 is 27.5 Å². The van der Waals surface area contributed by atoms with Gasteiger partial charge in [0.2, 0.25) is 0 Å². The molecule has 0 aliphatic heterocycles. The van der Waals surface area contributed by atoms with Gasteiger partial charge in [-0.1, -0.05) is 17.7 Å². The van der Waals surface area contributed by atoms with Crippen LogP contribution in [-0.4, -0.2) is 12.1 Å². The molecular formula is C13H18BrClN2. The molecule has 1 aromatic rings. The SMILES string of the molecule is NC1CCC(NCc2ccc(Br)c(Cl)c2)CC1. The van der Waals surface area contributed by atoms with Crippen molar-refractivity contribution in [1.29, 1.82) is 0 Å². The number of nitrogens with two attached hydrogens (primary N) is 1. The molecule has 94 valence electrons. The van der Waals surface area contributed by atoms with E-state index >= 15 is 0 Å². The summed E-state index contributed by atoms with van der Waals surface area (Å²) in [6.07, 6.45) is 4.65. The highest BCUT2D eigenvalue weighted by Crippen LogP contribution is 2.23. The third-order valence-electron chi connectivity index (χ3n) is 3.35. The van der Waals surface area contributed by atoms with Gasteiger partial charge in [0, 0.05) is 23.1 Å². The van der Waals surface area contributed by atoms with Gasteiger partial charge < -0.3 is 11.1 Å². The first-order valence-corrected chi connectivity index (χ1v) is 7.25.